The molecule has 3 nitrogen and oxygen atoms in total. The molecule has 1 aromatic carbocycles. The molecule has 1 aromatic rings. The number of carbonyl (C=O) groups excluding carboxylic acids is 1. The van der Waals surface area contributed by atoms with Crippen molar-refractivity contribution < 1.29 is 9.90 Å². The number of hydrogen-bond donors (Lipinski definition) is 1. The van der Waals surface area contributed by atoms with Crippen molar-refractivity contribution in [1.29, 1.82) is 0 Å². The largest absolute Gasteiger partial charge is 0.391 e. The van der Waals surface area contributed by atoms with Crippen LogP contribution < -0.4 is 0 Å². The highest BCUT2D eigenvalue weighted by molar-refractivity contribution is 6.17. The van der Waals surface area contributed by atoms with E-state index < -0.39 is 0 Å². The normalized spacial score (nSPS) is 20.4. The SMILES string of the molecule is O=C(c1ccc(CCl)cc1)N1CCC[C@H](O)C1. The predicted molar refractivity (Wildman–Crippen MR) is 67.1 cm³/mol. The van der Waals surface area contributed by atoms with E-state index in [-0.39, 0.29) is 12.0 Å². The number of halogens is 1. The van der Waals surface area contributed by atoms with Crippen LogP contribution in [-0.2, 0) is 5.88 Å². The fraction of sp³-hybridized carbons (Fsp3) is 0.462. The number of likely N-dealkylation sites (tertiary alicyclic amines) is 1. The van der Waals surface area contributed by atoms with Crippen LogP contribution >= 0.6 is 11.6 Å². The van der Waals surface area contributed by atoms with Gasteiger partial charge in [0.25, 0.3) is 5.91 Å². The van der Waals surface area contributed by atoms with Gasteiger partial charge in [0.2, 0.25) is 0 Å². The number of alkyl halides is 1. The molecule has 0 spiro atoms. The number of carbonyl (C=O) groups is 1. The summed E-state index contributed by atoms with van der Waals surface area (Å²) in [6, 6.07) is 7.31. The molecule has 1 fully saturated rings. The van der Waals surface area contributed by atoms with Gasteiger partial charge in [0.1, 0.15) is 0 Å². The van der Waals surface area contributed by atoms with E-state index in [2.05, 4.69) is 0 Å². The summed E-state index contributed by atoms with van der Waals surface area (Å²) < 4.78 is 0. The summed E-state index contributed by atoms with van der Waals surface area (Å²) in [5.74, 6) is 0.446. The molecule has 1 aliphatic rings. The van der Waals surface area contributed by atoms with Crippen LogP contribution in [0.3, 0.4) is 0 Å². The smallest absolute Gasteiger partial charge is 0.253 e. The molecular weight excluding hydrogens is 238 g/mol. The Hall–Kier alpha value is -1.06. The zero-order valence-corrected chi connectivity index (χ0v) is 10.4. The molecule has 1 aliphatic heterocycles. The highest BCUT2D eigenvalue weighted by Crippen LogP contribution is 2.14. The van der Waals surface area contributed by atoms with Crippen molar-refractivity contribution in [2.45, 2.75) is 24.8 Å². The number of hydrogen-bond acceptors (Lipinski definition) is 2. The van der Waals surface area contributed by atoms with E-state index in [0.717, 1.165) is 24.9 Å². The lowest BCUT2D eigenvalue weighted by Gasteiger charge is -2.30. The van der Waals surface area contributed by atoms with Crippen LogP contribution in [0.15, 0.2) is 24.3 Å². The molecule has 1 N–H and O–H groups in total. The second kappa shape index (κ2) is 5.52. The third-order valence-corrected chi connectivity index (χ3v) is 3.35. The van der Waals surface area contributed by atoms with Gasteiger partial charge in [-0.15, -0.1) is 11.6 Å². The number of amides is 1. The van der Waals surface area contributed by atoms with E-state index in [1.54, 1.807) is 17.0 Å². The standard InChI is InChI=1S/C13H16ClNO2/c14-8-10-3-5-11(6-4-10)13(17)15-7-1-2-12(16)9-15/h3-6,12,16H,1-2,7-9H2/t12-/m0/s1. The van der Waals surface area contributed by atoms with Crippen LogP contribution in [0.25, 0.3) is 0 Å². The van der Waals surface area contributed by atoms with Gasteiger partial charge in [0.05, 0.1) is 6.10 Å². The molecular formula is C13H16ClNO2. The summed E-state index contributed by atoms with van der Waals surface area (Å²) in [6.45, 7) is 1.17. The van der Waals surface area contributed by atoms with Gasteiger partial charge in [-0.2, -0.15) is 0 Å². The Bertz CT molecular complexity index is 391. The summed E-state index contributed by atoms with van der Waals surface area (Å²) in [5, 5.41) is 9.55. The van der Waals surface area contributed by atoms with Gasteiger partial charge >= 0.3 is 0 Å². The van der Waals surface area contributed by atoms with Crippen molar-refractivity contribution in [2.24, 2.45) is 0 Å². The molecule has 2 rings (SSSR count). The third-order valence-electron chi connectivity index (χ3n) is 3.04. The average molecular weight is 254 g/mol. The molecule has 0 radical (unpaired) electrons. The highest BCUT2D eigenvalue weighted by Gasteiger charge is 2.22. The lowest BCUT2D eigenvalue weighted by molar-refractivity contribution is 0.0474. The number of nitrogens with zero attached hydrogens (tertiary/aromatic N) is 1. The molecule has 0 saturated carbocycles. The minimum absolute atomic E-state index is 0.00938. The highest BCUT2D eigenvalue weighted by atomic mass is 35.5. The first-order chi connectivity index (χ1) is 8.20. The van der Waals surface area contributed by atoms with Crippen molar-refractivity contribution in [3.63, 3.8) is 0 Å². The van der Waals surface area contributed by atoms with E-state index in [9.17, 15) is 9.90 Å². The van der Waals surface area contributed by atoms with Gasteiger partial charge in [0.15, 0.2) is 0 Å². The number of aliphatic hydroxyl groups excluding tert-OH is 1. The number of β-amino-alcohol motifs (C(OH)–C–C–N with tert-alkyl or cyclic N) is 1. The molecule has 1 atom stereocenters. The molecule has 1 heterocycles. The second-order valence-electron chi connectivity index (χ2n) is 4.38. The predicted octanol–water partition coefficient (Wildman–Crippen LogP) is 2.02. The van der Waals surface area contributed by atoms with Gasteiger partial charge in [-0.25, -0.2) is 0 Å². The molecule has 0 aromatic heterocycles. The van der Waals surface area contributed by atoms with E-state index in [1.807, 2.05) is 12.1 Å². The monoisotopic (exact) mass is 253 g/mol. The lowest BCUT2D eigenvalue weighted by Crippen LogP contribution is -2.42. The van der Waals surface area contributed by atoms with Crippen LogP contribution in [0, 0.1) is 0 Å². The minimum atomic E-state index is -0.380. The lowest BCUT2D eigenvalue weighted by atomic mass is 10.1. The number of piperidine rings is 1. The Balaban J connectivity index is 2.07. The van der Waals surface area contributed by atoms with Crippen LogP contribution in [0.4, 0.5) is 0 Å². The molecule has 1 saturated heterocycles. The topological polar surface area (TPSA) is 40.5 Å². The minimum Gasteiger partial charge on any atom is -0.391 e. The molecule has 92 valence electrons. The first kappa shape index (κ1) is 12.4. The van der Waals surface area contributed by atoms with Crippen LogP contribution in [0.1, 0.15) is 28.8 Å². The zero-order valence-electron chi connectivity index (χ0n) is 9.60. The number of rotatable bonds is 2. The van der Waals surface area contributed by atoms with Gasteiger partial charge in [-0.05, 0) is 30.5 Å². The average Bonchev–Trinajstić information content (AvgIpc) is 2.38. The summed E-state index contributed by atoms with van der Waals surface area (Å²) in [6.07, 6.45) is 1.27. The molecule has 0 bridgehead atoms. The quantitative estimate of drug-likeness (QED) is 0.820. The van der Waals surface area contributed by atoms with Crippen molar-refractivity contribution in [1.82, 2.24) is 4.90 Å². The van der Waals surface area contributed by atoms with Crippen molar-refractivity contribution in [3.05, 3.63) is 35.4 Å². The van der Waals surface area contributed by atoms with Crippen LogP contribution in [-0.4, -0.2) is 35.1 Å². The molecule has 1 amide bonds. The van der Waals surface area contributed by atoms with Gasteiger partial charge < -0.3 is 10.0 Å². The van der Waals surface area contributed by atoms with E-state index in [4.69, 9.17) is 11.6 Å². The fourth-order valence-corrected chi connectivity index (χ4v) is 2.24. The first-order valence-electron chi connectivity index (χ1n) is 5.83. The third kappa shape index (κ3) is 2.99. The van der Waals surface area contributed by atoms with Gasteiger partial charge in [-0.1, -0.05) is 12.1 Å². The van der Waals surface area contributed by atoms with E-state index in [1.165, 1.54) is 0 Å². The second-order valence-corrected chi connectivity index (χ2v) is 4.65. The van der Waals surface area contributed by atoms with Crippen molar-refractivity contribution in [2.75, 3.05) is 13.1 Å². The summed E-state index contributed by atoms with van der Waals surface area (Å²) in [5.41, 5.74) is 1.66. The number of benzene rings is 1. The Kier molecular flexibility index (Phi) is 4.02. The molecule has 4 heteroatoms. The Morgan fingerprint density at radius 3 is 2.71 bits per heavy atom. The van der Waals surface area contributed by atoms with Gasteiger partial charge in [0, 0.05) is 24.5 Å². The van der Waals surface area contributed by atoms with Gasteiger partial charge in [-0.3, -0.25) is 4.79 Å². The summed E-state index contributed by atoms with van der Waals surface area (Å²) in [7, 11) is 0. The Labute approximate surface area is 106 Å². The fourth-order valence-electron chi connectivity index (χ4n) is 2.06. The summed E-state index contributed by atoms with van der Waals surface area (Å²) >= 11 is 5.70. The molecule has 0 aliphatic carbocycles. The first-order valence-corrected chi connectivity index (χ1v) is 6.36. The maximum absolute atomic E-state index is 12.1. The van der Waals surface area contributed by atoms with Crippen molar-refractivity contribution >= 4 is 17.5 Å². The van der Waals surface area contributed by atoms with E-state index >= 15 is 0 Å². The zero-order chi connectivity index (χ0) is 12.3. The van der Waals surface area contributed by atoms with Crippen LogP contribution in [0.2, 0.25) is 0 Å². The molecule has 17 heavy (non-hydrogen) atoms. The Morgan fingerprint density at radius 1 is 1.41 bits per heavy atom. The molecule has 0 unspecified atom stereocenters. The van der Waals surface area contributed by atoms with Crippen molar-refractivity contribution in [3.8, 4) is 0 Å². The van der Waals surface area contributed by atoms with Crippen LogP contribution in [0.5, 0.6) is 0 Å². The maximum Gasteiger partial charge on any atom is 0.253 e. The van der Waals surface area contributed by atoms with E-state index in [0.29, 0.717) is 18.0 Å². The Morgan fingerprint density at radius 2 is 2.12 bits per heavy atom. The maximum atomic E-state index is 12.1. The summed E-state index contributed by atoms with van der Waals surface area (Å²) in [4.78, 5) is 13.8. The number of aliphatic hydroxyl groups is 1.